The molecule has 4 aliphatic heterocycles. The summed E-state index contributed by atoms with van der Waals surface area (Å²) in [6, 6.07) is 12.3. The average Bonchev–Trinajstić information content (AvgIpc) is 3.23. The predicted molar refractivity (Wildman–Crippen MR) is 126 cm³/mol. The van der Waals surface area contributed by atoms with Crippen molar-refractivity contribution < 1.29 is 28.6 Å². The van der Waals surface area contributed by atoms with Crippen molar-refractivity contribution in [1.82, 2.24) is 10.2 Å². The number of fused-ring (bicyclic) bond motifs is 2. The maximum atomic E-state index is 13.0. The number of para-hydroxylation sites is 1. The van der Waals surface area contributed by atoms with Crippen molar-refractivity contribution in [2.75, 3.05) is 37.7 Å². The molecule has 4 heterocycles. The van der Waals surface area contributed by atoms with E-state index >= 15 is 0 Å². The van der Waals surface area contributed by atoms with Crippen LogP contribution in [0, 0.1) is 0 Å². The van der Waals surface area contributed by atoms with Gasteiger partial charge >= 0.3 is 6.03 Å². The van der Waals surface area contributed by atoms with E-state index in [1.165, 1.54) is 0 Å². The van der Waals surface area contributed by atoms with Crippen LogP contribution in [0.1, 0.15) is 36.0 Å². The minimum atomic E-state index is -0.555. The molecule has 1 N–H and O–H groups in total. The lowest BCUT2D eigenvalue weighted by Crippen LogP contribution is -2.55. The normalized spacial score (nSPS) is 22.6. The Morgan fingerprint density at radius 2 is 1.74 bits per heavy atom. The summed E-state index contributed by atoms with van der Waals surface area (Å²) < 4.78 is 17.4. The van der Waals surface area contributed by atoms with Crippen molar-refractivity contribution in [1.29, 1.82) is 0 Å². The number of ether oxygens (including phenoxy) is 3. The first-order valence-electron chi connectivity index (χ1n) is 12.1. The molecule has 2 fully saturated rings. The van der Waals surface area contributed by atoms with Crippen LogP contribution >= 0.6 is 0 Å². The Morgan fingerprint density at radius 1 is 0.971 bits per heavy atom. The van der Waals surface area contributed by atoms with Crippen molar-refractivity contribution in [2.45, 2.75) is 37.3 Å². The molecule has 0 radical (unpaired) electrons. The number of anilines is 1. The number of nitrogens with one attached hydrogen (secondary N) is 1. The number of hydrogen-bond donors (Lipinski definition) is 1. The Bertz CT molecular complexity index is 1190. The number of ketones is 1. The van der Waals surface area contributed by atoms with Gasteiger partial charge in [-0.25, -0.2) is 4.79 Å². The summed E-state index contributed by atoms with van der Waals surface area (Å²) in [5.74, 6) is 1.98. The second kappa shape index (κ2) is 8.48. The molecule has 6 rings (SSSR count). The summed E-state index contributed by atoms with van der Waals surface area (Å²) in [6.07, 6.45) is 1.76. The Hall–Kier alpha value is -3.75. The fourth-order valence-electron chi connectivity index (χ4n) is 5.36. The molecule has 9 nitrogen and oxygen atoms in total. The molecule has 182 valence electrons. The number of benzene rings is 2. The third-order valence-corrected chi connectivity index (χ3v) is 7.25. The van der Waals surface area contributed by atoms with Gasteiger partial charge in [-0.15, -0.1) is 0 Å². The van der Waals surface area contributed by atoms with Crippen molar-refractivity contribution in [3.8, 4) is 17.2 Å². The van der Waals surface area contributed by atoms with Gasteiger partial charge in [-0.3, -0.25) is 9.59 Å². The molecule has 0 bridgehead atoms. The maximum Gasteiger partial charge on any atom is 0.317 e. The lowest BCUT2D eigenvalue weighted by molar-refractivity contribution is -0.117. The fourth-order valence-corrected chi connectivity index (χ4v) is 5.36. The molecule has 1 spiro atoms. The van der Waals surface area contributed by atoms with E-state index in [9.17, 15) is 14.4 Å². The standard InChI is InChI=1S/C26H27N3O6/c30-20-15-26(35-21-4-2-1-3-19(20)21)7-9-28(10-8-26)25(32)27-17-13-24(31)29(16-17)18-5-6-22-23(14-18)34-12-11-33-22/h1-6,14,17H,7-13,15-16H2,(H,27,32)/t17-/m1/s1. The maximum absolute atomic E-state index is 13.0. The zero-order valence-corrected chi connectivity index (χ0v) is 19.3. The molecule has 2 aromatic carbocycles. The number of nitrogens with zero attached hydrogens (tertiary/aromatic N) is 2. The number of amides is 3. The number of carbonyl (C=O) groups is 3. The number of hydrogen-bond acceptors (Lipinski definition) is 6. The van der Waals surface area contributed by atoms with Crippen LogP contribution < -0.4 is 24.4 Å². The topological polar surface area (TPSA) is 97.4 Å². The van der Waals surface area contributed by atoms with Crippen LogP contribution in [0.5, 0.6) is 17.2 Å². The van der Waals surface area contributed by atoms with Crippen LogP contribution in [0.2, 0.25) is 0 Å². The highest BCUT2D eigenvalue weighted by Crippen LogP contribution is 2.39. The second-order valence-corrected chi connectivity index (χ2v) is 9.55. The molecule has 0 unspecified atom stereocenters. The third kappa shape index (κ3) is 4.05. The van der Waals surface area contributed by atoms with Gasteiger partial charge < -0.3 is 29.3 Å². The van der Waals surface area contributed by atoms with Gasteiger partial charge in [-0.1, -0.05) is 12.1 Å². The van der Waals surface area contributed by atoms with E-state index in [1.807, 2.05) is 36.4 Å². The molecule has 0 saturated carbocycles. The Kier molecular flexibility index (Phi) is 5.27. The molecule has 9 heteroatoms. The van der Waals surface area contributed by atoms with E-state index in [-0.39, 0.29) is 30.2 Å². The second-order valence-electron chi connectivity index (χ2n) is 9.55. The zero-order valence-electron chi connectivity index (χ0n) is 19.3. The quantitative estimate of drug-likeness (QED) is 0.715. The lowest BCUT2D eigenvalue weighted by Gasteiger charge is -2.44. The Morgan fingerprint density at radius 3 is 2.57 bits per heavy atom. The first-order valence-corrected chi connectivity index (χ1v) is 12.1. The number of Topliss-reactive ketones (excluding diaryl/α,β-unsaturated/α-hetero) is 1. The number of rotatable bonds is 2. The lowest BCUT2D eigenvalue weighted by atomic mass is 9.82. The monoisotopic (exact) mass is 477 g/mol. The van der Waals surface area contributed by atoms with E-state index in [4.69, 9.17) is 14.2 Å². The Labute approximate surface area is 202 Å². The highest BCUT2D eigenvalue weighted by atomic mass is 16.6. The number of piperidine rings is 1. The SMILES string of the molecule is O=C1CC2(CCN(C(=O)N[C@@H]3CC(=O)N(c4ccc5c(c4)OCCO5)C3)CC2)Oc2ccccc21. The molecule has 2 saturated heterocycles. The highest BCUT2D eigenvalue weighted by molar-refractivity contribution is 6.00. The van der Waals surface area contributed by atoms with Gasteiger partial charge in [-0.05, 0) is 24.3 Å². The van der Waals surface area contributed by atoms with Crippen molar-refractivity contribution >= 4 is 23.4 Å². The summed E-state index contributed by atoms with van der Waals surface area (Å²) in [5.41, 5.74) is 0.808. The van der Waals surface area contributed by atoms with Gasteiger partial charge in [0.25, 0.3) is 0 Å². The van der Waals surface area contributed by atoms with Gasteiger partial charge in [0.05, 0.1) is 18.0 Å². The zero-order chi connectivity index (χ0) is 24.0. The first kappa shape index (κ1) is 21.8. The van der Waals surface area contributed by atoms with Gasteiger partial charge in [0, 0.05) is 50.7 Å². The van der Waals surface area contributed by atoms with Crippen LogP contribution in [-0.2, 0) is 4.79 Å². The summed E-state index contributed by atoms with van der Waals surface area (Å²) >= 11 is 0. The number of carbonyl (C=O) groups excluding carboxylic acids is 3. The minimum Gasteiger partial charge on any atom is -0.486 e. The molecule has 2 aromatic rings. The minimum absolute atomic E-state index is 0.0441. The largest absolute Gasteiger partial charge is 0.486 e. The van der Waals surface area contributed by atoms with Crippen LogP contribution in [0.4, 0.5) is 10.5 Å². The predicted octanol–water partition coefficient (Wildman–Crippen LogP) is 2.77. The molecule has 4 aliphatic rings. The van der Waals surface area contributed by atoms with Crippen LogP contribution in [0.3, 0.4) is 0 Å². The molecular weight excluding hydrogens is 450 g/mol. The fraction of sp³-hybridized carbons (Fsp3) is 0.423. The number of urea groups is 1. The first-order chi connectivity index (χ1) is 17.0. The third-order valence-electron chi connectivity index (χ3n) is 7.25. The van der Waals surface area contributed by atoms with E-state index < -0.39 is 5.60 Å². The van der Waals surface area contributed by atoms with E-state index in [0.717, 1.165) is 5.69 Å². The van der Waals surface area contributed by atoms with Crippen molar-refractivity contribution in [3.05, 3.63) is 48.0 Å². The van der Waals surface area contributed by atoms with Gasteiger partial charge in [-0.2, -0.15) is 0 Å². The number of likely N-dealkylation sites (tertiary alicyclic amines) is 1. The van der Waals surface area contributed by atoms with Gasteiger partial charge in [0.2, 0.25) is 5.91 Å². The average molecular weight is 478 g/mol. The molecule has 35 heavy (non-hydrogen) atoms. The molecule has 0 aliphatic carbocycles. The smallest absolute Gasteiger partial charge is 0.317 e. The highest BCUT2D eigenvalue weighted by Gasteiger charge is 2.44. The molecule has 0 aromatic heterocycles. The summed E-state index contributed by atoms with van der Waals surface area (Å²) in [4.78, 5) is 41.7. The Balaban J connectivity index is 1.06. The van der Waals surface area contributed by atoms with Crippen LogP contribution in [-0.4, -0.2) is 67.1 Å². The van der Waals surface area contributed by atoms with E-state index in [2.05, 4.69) is 5.32 Å². The molecular formula is C26H27N3O6. The summed E-state index contributed by atoms with van der Waals surface area (Å²) in [5, 5.41) is 3.02. The van der Waals surface area contributed by atoms with Crippen molar-refractivity contribution in [2.24, 2.45) is 0 Å². The van der Waals surface area contributed by atoms with Crippen LogP contribution in [0.25, 0.3) is 0 Å². The summed E-state index contributed by atoms with van der Waals surface area (Å²) in [7, 11) is 0. The van der Waals surface area contributed by atoms with Gasteiger partial charge in [0.1, 0.15) is 24.6 Å². The van der Waals surface area contributed by atoms with E-state index in [1.54, 1.807) is 15.9 Å². The van der Waals surface area contributed by atoms with E-state index in [0.29, 0.717) is 74.9 Å². The van der Waals surface area contributed by atoms with Crippen LogP contribution in [0.15, 0.2) is 42.5 Å². The molecule has 3 amide bonds. The van der Waals surface area contributed by atoms with Crippen molar-refractivity contribution in [3.63, 3.8) is 0 Å². The van der Waals surface area contributed by atoms with Gasteiger partial charge in [0.15, 0.2) is 17.3 Å². The summed E-state index contributed by atoms with van der Waals surface area (Å²) in [6.45, 7) is 2.38. The molecule has 1 atom stereocenters.